The van der Waals surface area contributed by atoms with E-state index in [0.717, 1.165) is 11.3 Å². The van der Waals surface area contributed by atoms with Gasteiger partial charge in [-0.2, -0.15) is 0 Å². The van der Waals surface area contributed by atoms with Crippen LogP contribution in [0.5, 0.6) is 0 Å². The van der Waals surface area contributed by atoms with Gasteiger partial charge in [0, 0.05) is 18.2 Å². The van der Waals surface area contributed by atoms with Crippen LogP contribution in [0.4, 0.5) is 5.95 Å². The fourth-order valence-corrected chi connectivity index (χ4v) is 2.66. The SMILES string of the molecule is C#CCCCC(=O)Nc1nc2c(C(=O)OC)csc2c(=O)[nH]1. The van der Waals surface area contributed by atoms with Crippen LogP contribution in [0.15, 0.2) is 10.2 Å². The van der Waals surface area contributed by atoms with Crippen molar-refractivity contribution in [3.8, 4) is 12.3 Å². The van der Waals surface area contributed by atoms with E-state index < -0.39 is 11.5 Å². The number of methoxy groups -OCH3 is 1. The van der Waals surface area contributed by atoms with E-state index in [9.17, 15) is 14.4 Å². The molecule has 0 spiro atoms. The van der Waals surface area contributed by atoms with Crippen LogP contribution >= 0.6 is 11.3 Å². The number of hydrogen-bond acceptors (Lipinski definition) is 6. The summed E-state index contributed by atoms with van der Waals surface area (Å²) in [5, 5.41) is 3.98. The van der Waals surface area contributed by atoms with Crippen molar-refractivity contribution in [3.63, 3.8) is 0 Å². The molecule has 2 aromatic rings. The van der Waals surface area contributed by atoms with Crippen molar-refractivity contribution in [1.29, 1.82) is 0 Å². The number of hydrogen-bond donors (Lipinski definition) is 2. The number of fused-ring (bicyclic) bond motifs is 1. The monoisotopic (exact) mass is 319 g/mol. The molecule has 22 heavy (non-hydrogen) atoms. The Labute approximate surface area is 129 Å². The zero-order valence-corrected chi connectivity index (χ0v) is 12.6. The van der Waals surface area contributed by atoms with Gasteiger partial charge in [0.1, 0.15) is 10.2 Å². The smallest absolute Gasteiger partial charge is 0.340 e. The van der Waals surface area contributed by atoms with Crippen LogP contribution in [-0.2, 0) is 9.53 Å². The van der Waals surface area contributed by atoms with E-state index in [2.05, 4.69) is 25.9 Å². The van der Waals surface area contributed by atoms with E-state index in [1.807, 2.05) is 0 Å². The van der Waals surface area contributed by atoms with Gasteiger partial charge in [-0.05, 0) is 6.42 Å². The summed E-state index contributed by atoms with van der Waals surface area (Å²) < 4.78 is 4.94. The average molecular weight is 319 g/mol. The molecule has 8 heteroatoms. The highest BCUT2D eigenvalue weighted by Crippen LogP contribution is 2.22. The molecule has 2 aromatic heterocycles. The number of nitrogens with zero attached hydrogens (tertiary/aromatic N) is 1. The molecule has 2 N–H and O–H groups in total. The van der Waals surface area contributed by atoms with E-state index in [1.54, 1.807) is 0 Å². The number of carbonyl (C=O) groups is 2. The molecule has 2 heterocycles. The molecule has 0 unspecified atom stereocenters. The third-order valence-corrected chi connectivity index (χ3v) is 3.78. The summed E-state index contributed by atoms with van der Waals surface area (Å²) in [7, 11) is 1.24. The second-order valence-corrected chi connectivity index (χ2v) is 5.22. The van der Waals surface area contributed by atoms with Gasteiger partial charge in [-0.3, -0.25) is 19.9 Å². The Balaban J connectivity index is 2.28. The third kappa shape index (κ3) is 3.32. The van der Waals surface area contributed by atoms with Crippen molar-refractivity contribution < 1.29 is 14.3 Å². The van der Waals surface area contributed by atoms with E-state index in [0.29, 0.717) is 17.5 Å². The third-order valence-electron chi connectivity index (χ3n) is 2.81. The molecule has 0 saturated heterocycles. The van der Waals surface area contributed by atoms with Crippen LogP contribution in [0.25, 0.3) is 10.2 Å². The van der Waals surface area contributed by atoms with E-state index >= 15 is 0 Å². The fourth-order valence-electron chi connectivity index (χ4n) is 1.79. The quantitative estimate of drug-likeness (QED) is 0.494. The molecule has 0 radical (unpaired) electrons. The number of carbonyl (C=O) groups excluding carboxylic acids is 2. The summed E-state index contributed by atoms with van der Waals surface area (Å²) in [6.45, 7) is 0. The van der Waals surface area contributed by atoms with Crippen LogP contribution in [0, 0.1) is 12.3 Å². The first-order valence-electron chi connectivity index (χ1n) is 6.40. The summed E-state index contributed by atoms with van der Waals surface area (Å²) >= 11 is 1.09. The maximum Gasteiger partial charge on any atom is 0.340 e. The lowest BCUT2D eigenvalue weighted by atomic mass is 10.2. The maximum absolute atomic E-state index is 12.0. The number of anilines is 1. The number of aromatic nitrogens is 2. The Morgan fingerprint density at radius 1 is 1.55 bits per heavy atom. The molecule has 0 atom stereocenters. The Kier molecular flexibility index (Phi) is 4.91. The number of esters is 1. The fraction of sp³-hybridized carbons (Fsp3) is 0.286. The molecule has 114 valence electrons. The Hall–Kier alpha value is -2.66. The second kappa shape index (κ2) is 6.87. The molecule has 0 aliphatic heterocycles. The number of nitrogens with one attached hydrogen (secondary N) is 2. The summed E-state index contributed by atoms with van der Waals surface area (Å²) in [4.78, 5) is 41.9. The number of ether oxygens (including phenoxy) is 1. The van der Waals surface area contributed by atoms with Gasteiger partial charge in [-0.25, -0.2) is 9.78 Å². The van der Waals surface area contributed by atoms with Crippen LogP contribution in [-0.4, -0.2) is 29.0 Å². The predicted octanol–water partition coefficient (Wildman–Crippen LogP) is 1.51. The molecule has 1 amide bonds. The molecule has 2 rings (SSSR count). The molecular formula is C14H13N3O4S. The average Bonchev–Trinajstić information content (AvgIpc) is 2.91. The van der Waals surface area contributed by atoms with Gasteiger partial charge in [-0.1, -0.05) is 0 Å². The lowest BCUT2D eigenvalue weighted by molar-refractivity contribution is -0.116. The van der Waals surface area contributed by atoms with Gasteiger partial charge in [0.2, 0.25) is 11.9 Å². The lowest BCUT2D eigenvalue weighted by Crippen LogP contribution is -2.18. The van der Waals surface area contributed by atoms with Gasteiger partial charge >= 0.3 is 5.97 Å². The highest BCUT2D eigenvalue weighted by atomic mass is 32.1. The topological polar surface area (TPSA) is 101 Å². The molecule has 0 aromatic carbocycles. The number of amides is 1. The zero-order valence-electron chi connectivity index (χ0n) is 11.8. The minimum absolute atomic E-state index is 0.00763. The van der Waals surface area contributed by atoms with Crippen molar-refractivity contribution in [3.05, 3.63) is 21.3 Å². The number of aromatic amines is 1. The number of terminal acetylenes is 1. The zero-order chi connectivity index (χ0) is 16.1. The molecule has 0 fully saturated rings. The van der Waals surface area contributed by atoms with E-state index in [4.69, 9.17) is 6.42 Å². The number of H-pyrrole nitrogens is 1. The van der Waals surface area contributed by atoms with Crippen molar-refractivity contribution >= 4 is 39.4 Å². The number of rotatable bonds is 5. The van der Waals surface area contributed by atoms with Crippen molar-refractivity contribution in [2.45, 2.75) is 19.3 Å². The summed E-state index contributed by atoms with van der Waals surface area (Å²) in [6.07, 6.45) is 6.37. The second-order valence-electron chi connectivity index (χ2n) is 4.34. The first-order chi connectivity index (χ1) is 10.6. The minimum Gasteiger partial charge on any atom is -0.465 e. The highest BCUT2D eigenvalue weighted by molar-refractivity contribution is 7.17. The highest BCUT2D eigenvalue weighted by Gasteiger charge is 2.17. The van der Waals surface area contributed by atoms with Crippen LogP contribution in [0.3, 0.4) is 0 Å². The molecule has 0 saturated carbocycles. The van der Waals surface area contributed by atoms with Crippen molar-refractivity contribution in [2.75, 3.05) is 12.4 Å². The Morgan fingerprint density at radius 2 is 2.32 bits per heavy atom. The maximum atomic E-state index is 12.0. The van der Waals surface area contributed by atoms with Gasteiger partial charge in [0.25, 0.3) is 5.56 Å². The van der Waals surface area contributed by atoms with Gasteiger partial charge in [0.15, 0.2) is 0 Å². The number of unbranched alkanes of at least 4 members (excludes halogenated alkanes) is 1. The van der Waals surface area contributed by atoms with Crippen LogP contribution in [0.2, 0.25) is 0 Å². The molecular weight excluding hydrogens is 306 g/mol. The van der Waals surface area contributed by atoms with Crippen LogP contribution in [0.1, 0.15) is 29.6 Å². The molecule has 0 aliphatic rings. The van der Waals surface area contributed by atoms with E-state index in [1.165, 1.54) is 12.5 Å². The predicted molar refractivity (Wildman–Crippen MR) is 82.9 cm³/mol. The molecule has 0 aliphatic carbocycles. The first-order valence-corrected chi connectivity index (χ1v) is 7.28. The van der Waals surface area contributed by atoms with Gasteiger partial charge in [-0.15, -0.1) is 23.7 Å². The standard InChI is InChI=1S/C14H13N3O4S/c1-3-4-5-6-9(18)15-14-16-10-8(13(20)21-2)7-22-11(10)12(19)17-14/h1,7H,4-6H2,2H3,(H2,15,16,17,18,19). The number of thiophene rings is 1. The largest absolute Gasteiger partial charge is 0.465 e. The lowest BCUT2D eigenvalue weighted by Gasteiger charge is -2.04. The molecule has 7 nitrogen and oxygen atoms in total. The van der Waals surface area contributed by atoms with Crippen molar-refractivity contribution in [2.24, 2.45) is 0 Å². The summed E-state index contributed by atoms with van der Waals surface area (Å²) in [6, 6.07) is 0. The normalized spacial score (nSPS) is 10.2. The van der Waals surface area contributed by atoms with Gasteiger partial charge in [0.05, 0.1) is 12.7 Å². The Bertz CT molecular complexity index is 816. The van der Waals surface area contributed by atoms with Crippen LogP contribution < -0.4 is 10.9 Å². The summed E-state index contributed by atoms with van der Waals surface area (Å²) in [5.41, 5.74) is -0.0277. The minimum atomic E-state index is -0.587. The van der Waals surface area contributed by atoms with Crippen molar-refractivity contribution in [1.82, 2.24) is 9.97 Å². The van der Waals surface area contributed by atoms with E-state index in [-0.39, 0.29) is 29.4 Å². The van der Waals surface area contributed by atoms with Gasteiger partial charge < -0.3 is 4.74 Å². The Morgan fingerprint density at radius 3 is 3.00 bits per heavy atom. The molecule has 0 bridgehead atoms. The summed E-state index contributed by atoms with van der Waals surface area (Å²) in [5.74, 6) is 1.53. The first kappa shape index (κ1) is 15.7.